The lowest BCUT2D eigenvalue weighted by Gasteiger charge is -2.27. The third-order valence-corrected chi connectivity index (χ3v) is 6.50. The van der Waals surface area contributed by atoms with Gasteiger partial charge in [0.1, 0.15) is 0 Å². The van der Waals surface area contributed by atoms with Crippen LogP contribution < -0.4 is 10.6 Å². The summed E-state index contributed by atoms with van der Waals surface area (Å²) in [5.74, 6) is 1.21. The van der Waals surface area contributed by atoms with Crippen LogP contribution in [0.2, 0.25) is 0 Å². The molecule has 0 aliphatic carbocycles. The van der Waals surface area contributed by atoms with Gasteiger partial charge >= 0.3 is 0 Å². The fraction of sp³-hybridized carbons (Fsp3) is 0.714. The Balaban J connectivity index is 1.36. The van der Waals surface area contributed by atoms with E-state index >= 15 is 0 Å². The van der Waals surface area contributed by atoms with Crippen LogP contribution in [0.15, 0.2) is 16.4 Å². The molecule has 1 aromatic heterocycles. The Morgan fingerprint density at radius 3 is 3.00 bits per heavy atom. The van der Waals surface area contributed by atoms with Crippen molar-refractivity contribution in [2.24, 2.45) is 4.99 Å². The predicted molar refractivity (Wildman–Crippen MR) is 117 cm³/mol. The number of carbonyl (C=O) groups excluding carboxylic acids is 1. The van der Waals surface area contributed by atoms with Crippen LogP contribution >= 0.6 is 11.3 Å². The van der Waals surface area contributed by atoms with Crippen molar-refractivity contribution in [3.63, 3.8) is 0 Å². The van der Waals surface area contributed by atoms with Gasteiger partial charge in [0.15, 0.2) is 5.96 Å². The zero-order valence-corrected chi connectivity index (χ0v) is 18.0. The summed E-state index contributed by atoms with van der Waals surface area (Å²) in [7, 11) is 0. The third-order valence-electron chi connectivity index (χ3n) is 5.48. The van der Waals surface area contributed by atoms with E-state index in [0.29, 0.717) is 5.91 Å². The highest BCUT2D eigenvalue weighted by Crippen LogP contribution is 2.23. The van der Waals surface area contributed by atoms with Crippen molar-refractivity contribution >= 4 is 23.2 Å². The number of hydrogen-bond acceptors (Lipinski definition) is 4. The van der Waals surface area contributed by atoms with Crippen LogP contribution in [0.1, 0.15) is 49.5 Å². The highest BCUT2D eigenvalue weighted by atomic mass is 32.1. The van der Waals surface area contributed by atoms with E-state index in [-0.39, 0.29) is 0 Å². The zero-order valence-electron chi connectivity index (χ0n) is 17.2. The number of amides is 1. The summed E-state index contributed by atoms with van der Waals surface area (Å²) in [4.78, 5) is 22.8. The van der Waals surface area contributed by atoms with E-state index in [0.717, 1.165) is 84.0 Å². The number of guanidine groups is 1. The van der Waals surface area contributed by atoms with E-state index in [1.807, 2.05) is 16.2 Å². The minimum atomic E-state index is 0.321. The molecule has 0 bridgehead atoms. The lowest BCUT2D eigenvalue weighted by molar-refractivity contribution is -0.130. The van der Waals surface area contributed by atoms with Gasteiger partial charge in [-0.1, -0.05) is 6.42 Å². The first-order chi connectivity index (χ1) is 13.8. The molecule has 2 N–H and O–H groups in total. The molecule has 0 aromatic carbocycles. The van der Waals surface area contributed by atoms with Crippen molar-refractivity contribution in [1.29, 1.82) is 0 Å². The number of hydrogen-bond donors (Lipinski definition) is 2. The average Bonchev–Trinajstić information content (AvgIpc) is 3.07. The van der Waals surface area contributed by atoms with E-state index in [9.17, 15) is 4.79 Å². The molecule has 7 heteroatoms. The van der Waals surface area contributed by atoms with E-state index in [1.54, 1.807) is 4.88 Å². The zero-order chi connectivity index (χ0) is 19.6. The Bertz CT molecular complexity index is 644. The third kappa shape index (κ3) is 6.48. The van der Waals surface area contributed by atoms with Gasteiger partial charge in [-0.2, -0.15) is 0 Å². The van der Waals surface area contributed by atoms with E-state index in [4.69, 9.17) is 4.99 Å². The molecule has 0 spiro atoms. The monoisotopic (exact) mass is 405 g/mol. The van der Waals surface area contributed by atoms with Crippen LogP contribution in [-0.4, -0.2) is 67.5 Å². The van der Waals surface area contributed by atoms with Gasteiger partial charge in [-0.05, 0) is 49.6 Å². The normalized spacial score (nSPS) is 18.7. The van der Waals surface area contributed by atoms with Gasteiger partial charge in [-0.3, -0.25) is 14.7 Å². The number of rotatable bonds is 8. The van der Waals surface area contributed by atoms with Gasteiger partial charge in [-0.15, -0.1) is 11.3 Å². The first-order valence-electron chi connectivity index (χ1n) is 10.8. The minimum Gasteiger partial charge on any atom is -0.357 e. The van der Waals surface area contributed by atoms with Crippen LogP contribution in [0.4, 0.5) is 0 Å². The standard InChI is InChI=1S/C21H35N5OS/c1-2-22-21(23-10-6-13-26-12-5-3-4-7-20(26)27)24-11-15-25-14-8-19-18(17-25)9-16-28-19/h9,16H,2-8,10-15,17H2,1H3,(H2,22,23,24). The van der Waals surface area contributed by atoms with Crippen molar-refractivity contribution in [2.75, 3.05) is 45.8 Å². The van der Waals surface area contributed by atoms with Gasteiger partial charge in [0.05, 0.1) is 0 Å². The lowest BCUT2D eigenvalue weighted by atomic mass is 10.1. The van der Waals surface area contributed by atoms with Crippen molar-refractivity contribution in [3.8, 4) is 0 Å². The number of nitrogens with zero attached hydrogens (tertiary/aromatic N) is 3. The highest BCUT2D eigenvalue weighted by molar-refractivity contribution is 7.10. The van der Waals surface area contributed by atoms with Crippen LogP contribution in [0.25, 0.3) is 0 Å². The lowest BCUT2D eigenvalue weighted by Crippen LogP contribution is -2.42. The molecule has 0 atom stereocenters. The Hall–Kier alpha value is -1.60. The maximum Gasteiger partial charge on any atom is 0.222 e. The molecule has 0 saturated carbocycles. The van der Waals surface area contributed by atoms with E-state index in [2.05, 4.69) is 33.9 Å². The average molecular weight is 406 g/mol. The molecule has 1 aromatic rings. The number of fused-ring (bicyclic) bond motifs is 1. The van der Waals surface area contributed by atoms with Crippen molar-refractivity contribution in [2.45, 2.75) is 52.0 Å². The molecule has 1 fully saturated rings. The maximum absolute atomic E-state index is 12.1. The Kier molecular flexibility index (Phi) is 8.61. The molecule has 0 radical (unpaired) electrons. The SMILES string of the molecule is CCNC(=NCCCN1CCCCCC1=O)NCCN1CCc2sccc2C1. The fourth-order valence-electron chi connectivity index (χ4n) is 3.90. The van der Waals surface area contributed by atoms with Gasteiger partial charge < -0.3 is 15.5 Å². The topological polar surface area (TPSA) is 60.0 Å². The molecular weight excluding hydrogens is 370 g/mol. The van der Waals surface area contributed by atoms with Crippen LogP contribution in [0, 0.1) is 0 Å². The summed E-state index contributed by atoms with van der Waals surface area (Å²) in [5, 5.41) is 9.00. The second kappa shape index (κ2) is 11.4. The van der Waals surface area contributed by atoms with Crippen molar-refractivity contribution in [3.05, 3.63) is 21.9 Å². The van der Waals surface area contributed by atoms with Gasteiger partial charge in [-0.25, -0.2) is 0 Å². The number of aliphatic imine (C=N–C) groups is 1. The van der Waals surface area contributed by atoms with Crippen LogP contribution in [0.3, 0.4) is 0 Å². The molecule has 6 nitrogen and oxygen atoms in total. The Morgan fingerprint density at radius 2 is 2.11 bits per heavy atom. The molecule has 3 rings (SSSR count). The molecular formula is C21H35N5OS. The first-order valence-corrected chi connectivity index (χ1v) is 11.7. The molecule has 0 unspecified atom stereocenters. The summed E-state index contributed by atoms with van der Waals surface area (Å²) in [6, 6.07) is 2.26. The smallest absolute Gasteiger partial charge is 0.222 e. The second-order valence-electron chi connectivity index (χ2n) is 7.63. The molecule has 2 aliphatic heterocycles. The second-order valence-corrected chi connectivity index (χ2v) is 8.63. The quantitative estimate of drug-likeness (QED) is 0.396. The molecule has 2 aliphatic rings. The van der Waals surface area contributed by atoms with Crippen LogP contribution in [0.5, 0.6) is 0 Å². The maximum atomic E-state index is 12.1. The van der Waals surface area contributed by atoms with E-state index in [1.165, 1.54) is 18.4 Å². The summed E-state index contributed by atoms with van der Waals surface area (Å²) in [6.45, 7) is 9.60. The van der Waals surface area contributed by atoms with Gasteiger partial charge in [0.25, 0.3) is 0 Å². The number of thiophene rings is 1. The van der Waals surface area contributed by atoms with Gasteiger partial charge in [0, 0.05) is 63.7 Å². The minimum absolute atomic E-state index is 0.321. The number of nitrogens with one attached hydrogen (secondary N) is 2. The van der Waals surface area contributed by atoms with Crippen molar-refractivity contribution in [1.82, 2.24) is 20.4 Å². The van der Waals surface area contributed by atoms with Gasteiger partial charge in [0.2, 0.25) is 5.91 Å². The fourth-order valence-corrected chi connectivity index (χ4v) is 4.79. The Morgan fingerprint density at radius 1 is 1.18 bits per heavy atom. The number of likely N-dealkylation sites (tertiary alicyclic amines) is 1. The summed E-state index contributed by atoms with van der Waals surface area (Å²) >= 11 is 1.89. The summed E-state index contributed by atoms with van der Waals surface area (Å²) in [6.07, 6.45) is 6.19. The molecule has 28 heavy (non-hydrogen) atoms. The predicted octanol–water partition coefficient (Wildman–Crippen LogP) is 2.45. The molecule has 3 heterocycles. The summed E-state index contributed by atoms with van der Waals surface area (Å²) < 4.78 is 0. The van der Waals surface area contributed by atoms with Crippen LogP contribution in [-0.2, 0) is 17.8 Å². The molecule has 156 valence electrons. The van der Waals surface area contributed by atoms with E-state index < -0.39 is 0 Å². The first kappa shape index (κ1) is 21.1. The molecule has 1 amide bonds. The summed E-state index contributed by atoms with van der Waals surface area (Å²) in [5.41, 5.74) is 1.50. The molecule has 1 saturated heterocycles. The Labute approximate surface area is 173 Å². The largest absolute Gasteiger partial charge is 0.357 e. The highest BCUT2D eigenvalue weighted by Gasteiger charge is 2.17. The van der Waals surface area contributed by atoms with Crippen molar-refractivity contribution < 1.29 is 4.79 Å². The number of carbonyl (C=O) groups is 1.